The molecule has 0 aliphatic carbocycles. The molecule has 0 unspecified atom stereocenters. The van der Waals surface area contributed by atoms with Crippen molar-refractivity contribution in [2.24, 2.45) is 11.3 Å². The van der Waals surface area contributed by atoms with E-state index in [1.165, 1.54) is 12.1 Å². The van der Waals surface area contributed by atoms with Crippen LogP contribution in [0.1, 0.15) is 26.3 Å². The number of nitrogens with one attached hydrogen (secondary N) is 2. The van der Waals surface area contributed by atoms with Crippen LogP contribution in [0.15, 0.2) is 28.8 Å². The van der Waals surface area contributed by atoms with Crippen molar-refractivity contribution in [3.63, 3.8) is 0 Å². The van der Waals surface area contributed by atoms with Gasteiger partial charge in [0.15, 0.2) is 0 Å². The fraction of sp³-hybridized carbons (Fsp3) is 0.316. The number of anilines is 1. The number of nitrogens with zero attached hydrogens (tertiary/aromatic N) is 3. The van der Waals surface area contributed by atoms with Crippen molar-refractivity contribution in [1.82, 2.24) is 5.32 Å². The minimum atomic E-state index is -0.989. The van der Waals surface area contributed by atoms with E-state index in [2.05, 4.69) is 16.7 Å². The maximum Gasteiger partial charge on any atom is 0.243 e. The summed E-state index contributed by atoms with van der Waals surface area (Å²) in [4.78, 5) is 24.7. The second kappa shape index (κ2) is 8.35. The summed E-state index contributed by atoms with van der Waals surface area (Å²) in [5.41, 5.74) is 0.00804. The van der Waals surface area contributed by atoms with Crippen LogP contribution in [-0.2, 0) is 9.59 Å². The topological polar surface area (TPSA) is 130 Å². The molecule has 1 aliphatic rings. The molecule has 0 saturated heterocycles. The summed E-state index contributed by atoms with van der Waals surface area (Å²) >= 11 is 6.99. The van der Waals surface area contributed by atoms with Crippen LogP contribution in [0.3, 0.4) is 0 Å². The highest BCUT2D eigenvalue weighted by Gasteiger charge is 2.45. The van der Waals surface area contributed by atoms with E-state index in [9.17, 15) is 20.1 Å². The summed E-state index contributed by atoms with van der Waals surface area (Å²) < 4.78 is 0. The van der Waals surface area contributed by atoms with Crippen molar-refractivity contribution in [2.75, 3.05) is 5.32 Å². The Balaban J connectivity index is 2.21. The lowest BCUT2D eigenvalue weighted by atomic mass is 9.72. The van der Waals surface area contributed by atoms with Gasteiger partial charge < -0.3 is 10.6 Å². The molecular formula is C19H16ClN5O2S. The second-order valence-electron chi connectivity index (χ2n) is 6.64. The number of rotatable bonds is 4. The lowest BCUT2D eigenvalue weighted by Gasteiger charge is -2.35. The first-order valence-electron chi connectivity index (χ1n) is 8.18. The molecule has 1 aromatic rings. The zero-order valence-electron chi connectivity index (χ0n) is 15.3. The molecule has 28 heavy (non-hydrogen) atoms. The molecule has 2 N–H and O–H groups in total. The van der Waals surface area contributed by atoms with E-state index in [0.29, 0.717) is 11.3 Å². The fourth-order valence-corrected chi connectivity index (χ4v) is 4.00. The normalized spacial score (nSPS) is 18.9. The Labute approximate surface area is 172 Å². The monoisotopic (exact) mass is 413 g/mol. The first kappa shape index (κ1) is 21.3. The van der Waals surface area contributed by atoms with Gasteiger partial charge in [0.2, 0.25) is 11.8 Å². The van der Waals surface area contributed by atoms with E-state index in [0.717, 1.165) is 11.8 Å². The van der Waals surface area contributed by atoms with Gasteiger partial charge in [0.25, 0.3) is 0 Å². The first-order chi connectivity index (χ1) is 13.1. The number of carbonyl (C=O) groups excluding carboxylic acids is 2. The smallest absolute Gasteiger partial charge is 0.243 e. The Morgan fingerprint density at radius 3 is 2.54 bits per heavy atom. The predicted octanol–water partition coefficient (Wildman–Crippen LogP) is 3.30. The molecule has 0 aromatic heterocycles. The number of allylic oxidation sites excluding steroid dienone is 1. The summed E-state index contributed by atoms with van der Waals surface area (Å²) in [7, 11) is 0. The van der Waals surface area contributed by atoms with E-state index >= 15 is 0 Å². The number of thioether (sulfide) groups is 1. The molecule has 9 heteroatoms. The molecule has 2 amide bonds. The summed E-state index contributed by atoms with van der Waals surface area (Å²) in [5, 5.41) is 32.8. The van der Waals surface area contributed by atoms with Crippen molar-refractivity contribution in [3.8, 4) is 18.2 Å². The maximum atomic E-state index is 12.5. The zero-order valence-corrected chi connectivity index (χ0v) is 16.9. The van der Waals surface area contributed by atoms with Crippen molar-refractivity contribution in [3.05, 3.63) is 39.4 Å². The van der Waals surface area contributed by atoms with E-state index in [1.54, 1.807) is 26.8 Å². The fourth-order valence-electron chi connectivity index (χ4n) is 2.67. The third kappa shape index (κ3) is 4.12. The largest absolute Gasteiger partial charge is 0.325 e. The van der Waals surface area contributed by atoms with Crippen molar-refractivity contribution >= 4 is 40.9 Å². The molecule has 0 saturated carbocycles. The molecule has 142 valence electrons. The number of halogens is 1. The zero-order chi connectivity index (χ0) is 21.1. The van der Waals surface area contributed by atoms with Crippen LogP contribution in [0.4, 0.5) is 5.69 Å². The third-order valence-corrected chi connectivity index (χ3v) is 5.78. The highest BCUT2D eigenvalue weighted by atomic mass is 35.5. The highest BCUT2D eigenvalue weighted by Crippen LogP contribution is 2.42. The summed E-state index contributed by atoms with van der Waals surface area (Å²) in [6.45, 7) is 4.94. The molecule has 2 rings (SSSR count). The Hall–Kier alpha value is -2.99. The number of carbonyl (C=O) groups is 2. The number of nitriles is 3. The molecule has 7 nitrogen and oxygen atoms in total. The van der Waals surface area contributed by atoms with Gasteiger partial charge >= 0.3 is 0 Å². The van der Waals surface area contributed by atoms with Gasteiger partial charge in [-0.05, 0) is 25.1 Å². The minimum Gasteiger partial charge on any atom is -0.325 e. The standard InChI is InChI=1S/C19H16ClN5O2S/c1-10(16(26)24-12-5-4-11(7-21)15(20)6-12)28-18-14(9-23)19(2,3)13(8-22)17(27)25-18/h4-6,10,13H,1-3H3,(H,24,26)(H,25,27)/t10-,13+/m0/s1. The third-order valence-electron chi connectivity index (χ3n) is 4.35. The molecular weight excluding hydrogens is 398 g/mol. The molecule has 0 radical (unpaired) electrons. The van der Waals surface area contributed by atoms with Gasteiger partial charge in [-0.1, -0.05) is 37.2 Å². The number of amides is 2. The molecule has 0 fully saturated rings. The Bertz CT molecular complexity index is 997. The van der Waals surface area contributed by atoms with Crippen LogP contribution in [0, 0.1) is 45.3 Å². The lowest BCUT2D eigenvalue weighted by Crippen LogP contribution is -2.45. The van der Waals surface area contributed by atoms with Crippen LogP contribution in [0.5, 0.6) is 0 Å². The highest BCUT2D eigenvalue weighted by molar-refractivity contribution is 8.04. The van der Waals surface area contributed by atoms with E-state index in [4.69, 9.17) is 16.9 Å². The molecule has 2 atom stereocenters. The Morgan fingerprint density at radius 2 is 2.00 bits per heavy atom. The van der Waals surface area contributed by atoms with Crippen molar-refractivity contribution in [2.45, 2.75) is 26.0 Å². The molecule has 1 heterocycles. The van der Waals surface area contributed by atoms with Gasteiger partial charge in [0.05, 0.1) is 38.6 Å². The van der Waals surface area contributed by atoms with Gasteiger partial charge in [-0.2, -0.15) is 15.8 Å². The average molecular weight is 414 g/mol. The van der Waals surface area contributed by atoms with Crippen molar-refractivity contribution < 1.29 is 9.59 Å². The molecule has 1 aliphatic heterocycles. The van der Waals surface area contributed by atoms with Crippen molar-refractivity contribution in [1.29, 1.82) is 15.8 Å². The minimum absolute atomic E-state index is 0.221. The lowest BCUT2D eigenvalue weighted by molar-refractivity contribution is -0.125. The Morgan fingerprint density at radius 1 is 1.32 bits per heavy atom. The van der Waals surface area contributed by atoms with E-state index in [-0.39, 0.29) is 21.5 Å². The quantitative estimate of drug-likeness (QED) is 0.778. The Kier molecular flexibility index (Phi) is 6.36. The van der Waals surface area contributed by atoms with Gasteiger partial charge in [-0.25, -0.2) is 0 Å². The molecule has 0 bridgehead atoms. The van der Waals surface area contributed by atoms with Crippen LogP contribution in [-0.4, -0.2) is 17.1 Å². The van der Waals surface area contributed by atoms with Gasteiger partial charge in [0.1, 0.15) is 12.0 Å². The predicted molar refractivity (Wildman–Crippen MR) is 106 cm³/mol. The first-order valence-corrected chi connectivity index (χ1v) is 9.44. The number of hydrogen-bond donors (Lipinski definition) is 2. The summed E-state index contributed by atoms with van der Waals surface area (Å²) in [5.74, 6) is -1.86. The van der Waals surface area contributed by atoms with Gasteiger partial charge in [-0.3, -0.25) is 9.59 Å². The number of benzene rings is 1. The van der Waals surface area contributed by atoms with Crippen LogP contribution in [0.2, 0.25) is 5.02 Å². The molecule has 0 spiro atoms. The number of hydrogen-bond acceptors (Lipinski definition) is 6. The van der Waals surface area contributed by atoms with Crippen LogP contribution < -0.4 is 10.6 Å². The van der Waals surface area contributed by atoms with Crippen LogP contribution in [0.25, 0.3) is 0 Å². The SMILES string of the molecule is C[C@H](SC1=C(C#N)C(C)(C)[C@H](C#N)C(=O)N1)C(=O)Nc1ccc(C#N)c(Cl)c1. The van der Waals surface area contributed by atoms with E-state index in [1.807, 2.05) is 12.1 Å². The average Bonchev–Trinajstić information content (AvgIpc) is 2.61. The maximum absolute atomic E-state index is 12.5. The summed E-state index contributed by atoms with van der Waals surface area (Å²) in [6.07, 6.45) is 0. The summed E-state index contributed by atoms with van der Waals surface area (Å²) in [6, 6.07) is 10.4. The van der Waals surface area contributed by atoms with Gasteiger partial charge in [-0.15, -0.1) is 0 Å². The van der Waals surface area contributed by atoms with Crippen LogP contribution >= 0.6 is 23.4 Å². The molecule has 1 aromatic carbocycles. The van der Waals surface area contributed by atoms with Gasteiger partial charge in [0, 0.05) is 11.1 Å². The van der Waals surface area contributed by atoms with E-state index < -0.39 is 22.5 Å². The second-order valence-corrected chi connectivity index (χ2v) is 8.40.